The average Bonchev–Trinajstić information content (AvgIpc) is 2.81. The Labute approximate surface area is 117 Å². The first-order valence-corrected chi connectivity index (χ1v) is 6.64. The Bertz CT molecular complexity index is 425. The molecule has 1 atom stereocenters. The van der Waals surface area contributed by atoms with Crippen molar-refractivity contribution >= 4 is 17.4 Å². The van der Waals surface area contributed by atoms with Gasteiger partial charge in [-0.2, -0.15) is 0 Å². The molecule has 106 valence electrons. The van der Waals surface area contributed by atoms with Crippen LogP contribution in [0, 0.1) is 0 Å². The second kappa shape index (κ2) is 6.47. The molecule has 1 aliphatic heterocycles. The van der Waals surface area contributed by atoms with Gasteiger partial charge in [0.05, 0.1) is 6.61 Å². The molecule has 2 rings (SSSR count). The molecule has 1 aromatic heterocycles. The van der Waals surface area contributed by atoms with Gasteiger partial charge in [0.2, 0.25) is 0 Å². The summed E-state index contributed by atoms with van der Waals surface area (Å²) in [5.74, 6) is 1.10. The largest absolute Gasteiger partial charge is 0.386 e. The molecule has 6 nitrogen and oxygen atoms in total. The quantitative estimate of drug-likeness (QED) is 0.767. The first-order valence-electron chi connectivity index (χ1n) is 6.26. The Morgan fingerprint density at radius 2 is 2.42 bits per heavy atom. The fourth-order valence-electron chi connectivity index (χ4n) is 1.80. The van der Waals surface area contributed by atoms with Crippen LogP contribution in [-0.4, -0.2) is 47.0 Å². The lowest BCUT2D eigenvalue weighted by molar-refractivity contribution is 0.0381. The van der Waals surface area contributed by atoms with E-state index in [9.17, 15) is 5.11 Å². The van der Waals surface area contributed by atoms with Crippen molar-refractivity contribution in [3.05, 3.63) is 17.0 Å². The molecule has 0 amide bonds. The van der Waals surface area contributed by atoms with Gasteiger partial charge in [0, 0.05) is 32.2 Å². The van der Waals surface area contributed by atoms with Crippen molar-refractivity contribution in [2.45, 2.75) is 25.6 Å². The summed E-state index contributed by atoms with van der Waals surface area (Å²) in [5, 5.41) is 13.6. The standard InChI is InChI=1S/C12H18ClN3O3/c1-2-18-6-11-15-9(13)5-10(16-11)14-7-12(17)3-4-19-8-12/h5,17H,2-4,6-8H2,1H3,(H,14,15,16). The van der Waals surface area contributed by atoms with E-state index >= 15 is 0 Å². The van der Waals surface area contributed by atoms with Crippen LogP contribution in [0.15, 0.2) is 6.07 Å². The molecule has 0 aromatic carbocycles. The highest BCUT2D eigenvalue weighted by atomic mass is 35.5. The number of rotatable bonds is 6. The Morgan fingerprint density at radius 1 is 1.58 bits per heavy atom. The van der Waals surface area contributed by atoms with Gasteiger partial charge in [0.1, 0.15) is 23.2 Å². The van der Waals surface area contributed by atoms with Crippen LogP contribution >= 0.6 is 11.6 Å². The zero-order valence-corrected chi connectivity index (χ0v) is 11.6. The normalized spacial score (nSPS) is 22.7. The molecule has 19 heavy (non-hydrogen) atoms. The van der Waals surface area contributed by atoms with Crippen LogP contribution < -0.4 is 5.32 Å². The zero-order chi connectivity index (χ0) is 13.7. The highest BCUT2D eigenvalue weighted by molar-refractivity contribution is 6.29. The lowest BCUT2D eigenvalue weighted by Gasteiger charge is -2.21. The van der Waals surface area contributed by atoms with Crippen LogP contribution in [0.25, 0.3) is 0 Å². The van der Waals surface area contributed by atoms with Crippen LogP contribution in [0.1, 0.15) is 19.2 Å². The SMILES string of the molecule is CCOCc1nc(Cl)cc(NCC2(O)CCOC2)n1. The minimum absolute atomic E-state index is 0.319. The third-order valence-electron chi connectivity index (χ3n) is 2.86. The van der Waals surface area contributed by atoms with Crippen molar-refractivity contribution in [3.63, 3.8) is 0 Å². The van der Waals surface area contributed by atoms with Gasteiger partial charge in [-0.05, 0) is 6.92 Å². The number of aliphatic hydroxyl groups is 1. The fraction of sp³-hybridized carbons (Fsp3) is 0.667. The molecular formula is C12H18ClN3O3. The first-order chi connectivity index (χ1) is 9.11. The van der Waals surface area contributed by atoms with Crippen molar-refractivity contribution in [1.82, 2.24) is 9.97 Å². The Balaban J connectivity index is 1.97. The van der Waals surface area contributed by atoms with E-state index in [1.165, 1.54) is 0 Å². The van der Waals surface area contributed by atoms with E-state index in [0.717, 1.165) is 0 Å². The molecule has 0 spiro atoms. The molecule has 0 bridgehead atoms. The van der Waals surface area contributed by atoms with Crippen molar-refractivity contribution in [3.8, 4) is 0 Å². The molecule has 1 saturated heterocycles. The molecule has 1 aromatic rings. The maximum Gasteiger partial charge on any atom is 0.158 e. The summed E-state index contributed by atoms with van der Waals surface area (Å²) in [4.78, 5) is 8.35. The number of nitrogens with zero attached hydrogens (tertiary/aromatic N) is 2. The van der Waals surface area contributed by atoms with Crippen LogP contribution in [0.3, 0.4) is 0 Å². The van der Waals surface area contributed by atoms with E-state index < -0.39 is 5.60 Å². The zero-order valence-electron chi connectivity index (χ0n) is 10.9. The molecule has 1 aliphatic rings. The van der Waals surface area contributed by atoms with E-state index in [-0.39, 0.29) is 0 Å². The van der Waals surface area contributed by atoms with E-state index in [4.69, 9.17) is 21.1 Å². The lowest BCUT2D eigenvalue weighted by atomic mass is 10.0. The van der Waals surface area contributed by atoms with Gasteiger partial charge in [-0.25, -0.2) is 9.97 Å². The maximum atomic E-state index is 10.1. The smallest absolute Gasteiger partial charge is 0.158 e. The summed E-state index contributed by atoms with van der Waals surface area (Å²) in [6, 6.07) is 1.62. The molecule has 1 unspecified atom stereocenters. The summed E-state index contributed by atoms with van der Waals surface area (Å²) in [7, 11) is 0. The molecule has 7 heteroatoms. The number of aromatic nitrogens is 2. The number of hydrogen-bond acceptors (Lipinski definition) is 6. The molecule has 0 radical (unpaired) electrons. The van der Waals surface area contributed by atoms with Gasteiger partial charge < -0.3 is 19.9 Å². The van der Waals surface area contributed by atoms with Crippen LogP contribution in [0.4, 0.5) is 5.82 Å². The third-order valence-corrected chi connectivity index (χ3v) is 3.05. The second-order valence-electron chi connectivity index (χ2n) is 4.51. The lowest BCUT2D eigenvalue weighted by Crippen LogP contribution is -2.37. The Morgan fingerprint density at radius 3 is 3.11 bits per heavy atom. The van der Waals surface area contributed by atoms with Crippen LogP contribution in [0.5, 0.6) is 0 Å². The Kier molecular flexibility index (Phi) is 4.93. The Hall–Kier alpha value is -0.950. The first kappa shape index (κ1) is 14.5. The van der Waals surface area contributed by atoms with E-state index in [1.807, 2.05) is 6.92 Å². The second-order valence-corrected chi connectivity index (χ2v) is 4.90. The summed E-state index contributed by atoms with van der Waals surface area (Å²) >= 11 is 5.93. The fourth-order valence-corrected chi connectivity index (χ4v) is 2.01. The minimum atomic E-state index is -0.836. The van der Waals surface area contributed by atoms with Gasteiger partial charge in [-0.3, -0.25) is 0 Å². The molecule has 1 fully saturated rings. The molecule has 0 aliphatic carbocycles. The van der Waals surface area contributed by atoms with Crippen molar-refractivity contribution < 1.29 is 14.6 Å². The highest BCUT2D eigenvalue weighted by Crippen LogP contribution is 2.19. The predicted molar refractivity (Wildman–Crippen MR) is 71.2 cm³/mol. The molecule has 2 N–H and O–H groups in total. The number of anilines is 1. The van der Waals surface area contributed by atoms with Gasteiger partial charge in [0.15, 0.2) is 5.82 Å². The number of halogens is 1. The summed E-state index contributed by atoms with van der Waals surface area (Å²) in [6.07, 6.45) is 0.616. The monoisotopic (exact) mass is 287 g/mol. The average molecular weight is 288 g/mol. The summed E-state index contributed by atoms with van der Waals surface area (Å²) in [5.41, 5.74) is -0.836. The van der Waals surface area contributed by atoms with Crippen LogP contribution in [0.2, 0.25) is 5.15 Å². The third kappa shape index (κ3) is 4.28. The number of ether oxygens (including phenoxy) is 2. The van der Waals surface area contributed by atoms with E-state index in [2.05, 4.69) is 15.3 Å². The molecule has 0 saturated carbocycles. The van der Waals surface area contributed by atoms with Gasteiger partial charge in [0.25, 0.3) is 0 Å². The van der Waals surface area contributed by atoms with Crippen molar-refractivity contribution in [2.24, 2.45) is 0 Å². The van der Waals surface area contributed by atoms with E-state index in [1.54, 1.807) is 6.07 Å². The van der Waals surface area contributed by atoms with Crippen molar-refractivity contribution in [2.75, 3.05) is 31.7 Å². The predicted octanol–water partition coefficient (Wildman–Crippen LogP) is 1.23. The molecular weight excluding hydrogens is 270 g/mol. The van der Waals surface area contributed by atoms with Crippen LogP contribution in [-0.2, 0) is 16.1 Å². The van der Waals surface area contributed by atoms with Gasteiger partial charge in [-0.15, -0.1) is 0 Å². The number of hydrogen-bond donors (Lipinski definition) is 2. The van der Waals surface area contributed by atoms with Crippen molar-refractivity contribution in [1.29, 1.82) is 0 Å². The highest BCUT2D eigenvalue weighted by Gasteiger charge is 2.32. The molecule has 2 heterocycles. The maximum absolute atomic E-state index is 10.1. The summed E-state index contributed by atoms with van der Waals surface area (Å²) in [6.45, 7) is 4.10. The van der Waals surface area contributed by atoms with E-state index in [0.29, 0.717) is 56.2 Å². The van der Waals surface area contributed by atoms with Gasteiger partial charge >= 0.3 is 0 Å². The minimum Gasteiger partial charge on any atom is -0.386 e. The van der Waals surface area contributed by atoms with Gasteiger partial charge in [-0.1, -0.05) is 11.6 Å². The number of nitrogens with one attached hydrogen (secondary N) is 1. The summed E-state index contributed by atoms with van der Waals surface area (Å²) < 4.78 is 10.4. The topological polar surface area (TPSA) is 76.5 Å².